The maximum atomic E-state index is 12.8. The van der Waals surface area contributed by atoms with Gasteiger partial charge >= 0.3 is 0 Å². The normalized spacial score (nSPS) is 13.9. The average Bonchev–Trinajstić information content (AvgIpc) is 3.95. The third-order valence-corrected chi connectivity index (χ3v) is 16.6. The van der Waals surface area contributed by atoms with Gasteiger partial charge in [0, 0.05) is 89.1 Å². The number of nitrogens with one attached hydrogen (secondary N) is 2. The highest BCUT2D eigenvalue weighted by molar-refractivity contribution is 7.87. The van der Waals surface area contributed by atoms with Crippen molar-refractivity contribution in [3.8, 4) is 33.9 Å². The summed E-state index contributed by atoms with van der Waals surface area (Å²) < 4.78 is 80.8. The Morgan fingerprint density at radius 2 is 1.17 bits per heavy atom. The molecule has 12 rings (SSSR count). The lowest BCUT2D eigenvalue weighted by Crippen LogP contribution is -2.71. The quantitative estimate of drug-likeness (QED) is 0.0651. The highest BCUT2D eigenvalue weighted by atomic mass is 35.5. The van der Waals surface area contributed by atoms with E-state index < -0.39 is 25.8 Å². The fraction of sp³-hybridized carbons (Fsp3) is 0.113. The topological polar surface area (TPSA) is 175 Å². The lowest BCUT2D eigenvalue weighted by molar-refractivity contribution is -0.403. The van der Waals surface area contributed by atoms with Crippen LogP contribution in [0.3, 0.4) is 0 Å². The van der Waals surface area contributed by atoms with Crippen LogP contribution in [0.1, 0.15) is 50.1 Å². The number of ether oxygens (including phenoxy) is 1. The van der Waals surface area contributed by atoms with E-state index in [1.165, 1.54) is 6.07 Å². The van der Waals surface area contributed by atoms with Crippen LogP contribution in [-0.4, -0.2) is 21.4 Å². The summed E-state index contributed by atoms with van der Waals surface area (Å²) >= 11 is 12.2. The van der Waals surface area contributed by atoms with Crippen LogP contribution in [0.5, 0.6) is 11.5 Å². The molecule has 8 aromatic carbocycles. The predicted molar refractivity (Wildman–Crippen MR) is 303 cm³/mol. The maximum Gasteiger partial charge on any atom is 0.298 e. The molecule has 0 amide bonds. The first-order valence-electron chi connectivity index (χ1n) is 24.4. The summed E-state index contributed by atoms with van der Waals surface area (Å²) in [4.78, 5) is 3.39. The molecule has 1 spiro atoms. The molecular formula is C62H51Cl2N3O8S2. The van der Waals surface area contributed by atoms with Gasteiger partial charge in [-0.2, -0.15) is 8.42 Å². The predicted octanol–water partition coefficient (Wildman–Crippen LogP) is 13.4. The van der Waals surface area contributed by atoms with Crippen molar-refractivity contribution in [2.24, 2.45) is 0 Å². The van der Waals surface area contributed by atoms with Gasteiger partial charge in [0.15, 0.2) is 5.60 Å². The number of fused-ring (bicyclic) bond motifs is 8. The Balaban J connectivity index is 0.000000161. The van der Waals surface area contributed by atoms with Crippen LogP contribution in [0.15, 0.2) is 190 Å². The monoisotopic (exact) mass is 1100 g/mol. The molecule has 0 saturated heterocycles. The third-order valence-electron chi connectivity index (χ3n) is 13.8. The molecule has 0 unspecified atom stereocenters. The molecule has 3 aliphatic heterocycles. The van der Waals surface area contributed by atoms with E-state index in [0.29, 0.717) is 71.7 Å². The Bertz CT molecular complexity index is 4160. The smallest absolute Gasteiger partial charge is 0.298 e. The van der Waals surface area contributed by atoms with E-state index in [4.69, 9.17) is 42.3 Å². The second-order valence-corrected chi connectivity index (χ2v) is 22.8. The van der Waals surface area contributed by atoms with Gasteiger partial charge < -0.3 is 24.8 Å². The number of nitrogen functional groups attached to an aromatic ring is 1. The Morgan fingerprint density at radius 3 is 1.78 bits per heavy atom. The molecule has 0 aromatic heterocycles. The van der Waals surface area contributed by atoms with Gasteiger partial charge in [0.05, 0.1) is 11.0 Å². The van der Waals surface area contributed by atoms with E-state index in [1.807, 2.05) is 80.6 Å². The number of hydrogen-bond acceptors (Lipinski definition) is 10. The van der Waals surface area contributed by atoms with Gasteiger partial charge in [0.1, 0.15) is 37.9 Å². The van der Waals surface area contributed by atoms with E-state index in [9.17, 15) is 21.4 Å². The number of hydrogen-bond donors (Lipinski definition) is 3. The first kappa shape index (κ1) is 52.7. The van der Waals surface area contributed by atoms with Crippen LogP contribution in [0.4, 0.5) is 22.7 Å². The molecule has 0 fully saturated rings. The van der Waals surface area contributed by atoms with Crippen molar-refractivity contribution in [3.63, 3.8) is 0 Å². The molecule has 0 saturated carbocycles. The average molecular weight is 1100 g/mol. The summed E-state index contributed by atoms with van der Waals surface area (Å²) in [6.45, 7) is 12.2. The zero-order valence-electron chi connectivity index (χ0n) is 42.7. The molecule has 0 atom stereocenters. The van der Waals surface area contributed by atoms with Crippen LogP contribution in [0.25, 0.3) is 33.4 Å². The molecule has 11 nitrogen and oxygen atoms in total. The molecule has 388 valence electrons. The number of benzene rings is 9. The summed E-state index contributed by atoms with van der Waals surface area (Å²) in [7, 11) is -8.68. The van der Waals surface area contributed by atoms with Crippen molar-refractivity contribution in [1.29, 1.82) is 0 Å². The fourth-order valence-electron chi connectivity index (χ4n) is 9.98. The van der Waals surface area contributed by atoms with Gasteiger partial charge in [-0.25, -0.2) is 17.6 Å². The first-order chi connectivity index (χ1) is 36.7. The molecule has 0 bridgehead atoms. The van der Waals surface area contributed by atoms with Gasteiger partial charge in [0.25, 0.3) is 10.1 Å². The van der Waals surface area contributed by atoms with E-state index >= 15 is 0 Å². The number of rotatable bonds is 5. The van der Waals surface area contributed by atoms with Crippen LogP contribution in [-0.2, 0) is 30.0 Å². The van der Waals surface area contributed by atoms with E-state index in [1.54, 1.807) is 78.9 Å². The fourth-order valence-corrected chi connectivity index (χ4v) is 12.4. The molecule has 1 aliphatic carbocycles. The zero-order valence-corrected chi connectivity index (χ0v) is 45.8. The highest BCUT2D eigenvalue weighted by Gasteiger charge is 2.55. The summed E-state index contributed by atoms with van der Waals surface area (Å²) in [6.07, 6.45) is 0. The van der Waals surface area contributed by atoms with Crippen molar-refractivity contribution in [1.82, 2.24) is 0 Å². The van der Waals surface area contributed by atoms with E-state index in [2.05, 4.69) is 62.3 Å². The minimum Gasteiger partial charge on any atom is -0.744 e. The Labute approximate surface area is 457 Å². The number of anilines is 3. The Morgan fingerprint density at radius 1 is 0.597 bits per heavy atom. The molecule has 77 heavy (non-hydrogen) atoms. The zero-order chi connectivity index (χ0) is 54.6. The number of aryl methyl sites for hydroxylation is 6. The van der Waals surface area contributed by atoms with Crippen molar-refractivity contribution in [2.45, 2.75) is 56.9 Å². The van der Waals surface area contributed by atoms with Crippen molar-refractivity contribution >= 4 is 77.2 Å². The molecule has 0 radical (unpaired) electrons. The van der Waals surface area contributed by atoms with Crippen molar-refractivity contribution in [2.75, 3.05) is 11.1 Å². The third kappa shape index (κ3) is 10.1. The molecular weight excluding hydrogens is 1050 g/mol. The van der Waals surface area contributed by atoms with Gasteiger partial charge in [0.2, 0.25) is 11.0 Å². The summed E-state index contributed by atoms with van der Waals surface area (Å²) in [5.74, 6) is 1.41. The van der Waals surface area contributed by atoms with Gasteiger partial charge in [-0.1, -0.05) is 126 Å². The molecule has 4 aliphatic rings. The first-order valence-corrected chi connectivity index (χ1v) is 28.0. The number of nitrogens with two attached hydrogens (primary N) is 1. The molecule has 15 heteroatoms. The number of para-hydroxylation sites is 3. The van der Waals surface area contributed by atoms with Crippen molar-refractivity contribution < 1.29 is 39.7 Å². The second-order valence-electron chi connectivity index (χ2n) is 19.0. The lowest BCUT2D eigenvalue weighted by Gasteiger charge is -2.36. The standard InChI is InChI=1S/C35H30N2O4S.C19H10Cl2O4S.C8H11N/c1-21-9-7-10-22(2)34(21)36-25-15-17-27-30(19-25)41-31-20-26(37-35-23(3)11-8-12-24(35)4)16-18-28(31)33(27)29-13-5-6-14-32(29)42(38,39)40;20-11-5-7-13-16(9-11)24-17-10-12(21)6-8-14(17)19(13)15-3-1-2-4-18(15)26(22,23)25-19;1-6-4-3-5-7(2)8(6)9/h5-20,36H,1-4H3,(H,38,39,40);1-10H;3-5H,9H2,1-2H3. The van der Waals surface area contributed by atoms with Crippen LogP contribution in [0.2, 0.25) is 10.0 Å². The number of halogens is 2. The van der Waals surface area contributed by atoms with E-state index in [0.717, 1.165) is 61.5 Å². The molecule has 3 heterocycles. The van der Waals surface area contributed by atoms with Crippen LogP contribution < -0.4 is 26.1 Å². The Hall–Kier alpha value is -7.75. The molecule has 8 aromatic rings. The highest BCUT2D eigenvalue weighted by Crippen LogP contribution is 2.58. The summed E-state index contributed by atoms with van der Waals surface area (Å²) in [6, 6.07) is 53.0. The Kier molecular flexibility index (Phi) is 14.1. The van der Waals surface area contributed by atoms with Crippen LogP contribution in [0, 0.1) is 41.5 Å². The lowest BCUT2D eigenvalue weighted by atomic mass is 9.78. The van der Waals surface area contributed by atoms with Gasteiger partial charge in [-0.15, -0.1) is 0 Å². The molecule has 4 N–H and O–H groups in total. The SMILES string of the molecule is Cc1cccc(C)c1N.Cc1cccc(C)c1Nc1ccc2c(-c3ccccc3S(=O)(=O)[O-])c3ccc(=[NH+]c4c(C)cccc4C)cc-3oc2c1.O=S1(=O)OC2(c3ccc(Cl)cc3Oc3cc(Cl)ccc32)c2ccccc21. The second kappa shape index (κ2) is 20.7. The van der Waals surface area contributed by atoms with Gasteiger partial charge in [-0.3, -0.25) is 0 Å². The van der Waals surface area contributed by atoms with E-state index in [-0.39, 0.29) is 9.79 Å². The van der Waals surface area contributed by atoms with Gasteiger partial charge in [-0.05, 0) is 118 Å². The minimum absolute atomic E-state index is 0.142. The summed E-state index contributed by atoms with van der Waals surface area (Å²) in [5.41, 5.74) is 18.8. The van der Waals surface area contributed by atoms with Crippen LogP contribution >= 0.6 is 23.2 Å². The largest absolute Gasteiger partial charge is 0.744 e. The maximum absolute atomic E-state index is 12.8. The summed E-state index contributed by atoms with van der Waals surface area (Å²) in [5, 5.41) is 5.97. The minimum atomic E-state index is -4.74. The van der Waals surface area contributed by atoms with Crippen molar-refractivity contribution in [3.05, 3.63) is 241 Å².